The van der Waals surface area contributed by atoms with E-state index in [2.05, 4.69) is 13.8 Å². The molecule has 2 nitrogen and oxygen atoms in total. The first-order valence-electron chi connectivity index (χ1n) is 5.53. The largest absolute Gasteiger partial charge is 0.396 e. The molecule has 2 heteroatoms. The molecule has 0 rings (SSSR count). The maximum atomic E-state index is 8.55. The number of aliphatic hydroxyl groups is 1. The Balaban J connectivity index is 3.17. The second-order valence-electron chi connectivity index (χ2n) is 3.57. The van der Waals surface area contributed by atoms with Gasteiger partial charge in [-0.1, -0.05) is 26.7 Å². The lowest BCUT2D eigenvalue weighted by atomic mass is 10.0. The standard InChI is InChI=1S/C11H24O2/c1-3-7-11(4-2)10-13-9-6-5-8-12/h11-12H,3-10H2,1-2H3. The minimum atomic E-state index is 0.287. The number of hydrogen-bond acceptors (Lipinski definition) is 2. The average Bonchev–Trinajstić information content (AvgIpc) is 2.16. The van der Waals surface area contributed by atoms with Crippen LogP contribution in [-0.2, 0) is 4.74 Å². The summed E-state index contributed by atoms with van der Waals surface area (Å²) in [4.78, 5) is 0. The summed E-state index contributed by atoms with van der Waals surface area (Å²) in [5, 5.41) is 8.55. The molecule has 0 saturated heterocycles. The predicted octanol–water partition coefficient (Wildman–Crippen LogP) is 2.60. The summed E-state index contributed by atoms with van der Waals surface area (Å²) in [6.45, 7) is 6.43. The summed E-state index contributed by atoms with van der Waals surface area (Å²) in [6, 6.07) is 0. The zero-order valence-electron chi connectivity index (χ0n) is 9.09. The number of unbranched alkanes of at least 4 members (excludes halogenated alkanes) is 1. The molecule has 0 aromatic rings. The first-order valence-corrected chi connectivity index (χ1v) is 5.53. The van der Waals surface area contributed by atoms with E-state index in [1.54, 1.807) is 0 Å². The Morgan fingerprint density at radius 1 is 1.23 bits per heavy atom. The van der Waals surface area contributed by atoms with Crippen LogP contribution in [0.25, 0.3) is 0 Å². The molecule has 0 amide bonds. The van der Waals surface area contributed by atoms with Gasteiger partial charge in [-0.25, -0.2) is 0 Å². The van der Waals surface area contributed by atoms with Gasteiger partial charge in [0.1, 0.15) is 0 Å². The molecule has 13 heavy (non-hydrogen) atoms. The summed E-state index contributed by atoms with van der Waals surface area (Å²) in [7, 11) is 0. The fraction of sp³-hybridized carbons (Fsp3) is 1.00. The van der Waals surface area contributed by atoms with Crippen LogP contribution in [0.5, 0.6) is 0 Å². The lowest BCUT2D eigenvalue weighted by molar-refractivity contribution is 0.0886. The van der Waals surface area contributed by atoms with Gasteiger partial charge in [0.2, 0.25) is 0 Å². The monoisotopic (exact) mass is 188 g/mol. The van der Waals surface area contributed by atoms with Gasteiger partial charge in [0, 0.05) is 19.8 Å². The van der Waals surface area contributed by atoms with Crippen molar-refractivity contribution in [3.8, 4) is 0 Å². The van der Waals surface area contributed by atoms with E-state index >= 15 is 0 Å². The molecule has 0 bridgehead atoms. The van der Waals surface area contributed by atoms with E-state index in [-0.39, 0.29) is 6.61 Å². The van der Waals surface area contributed by atoms with Crippen LogP contribution in [0, 0.1) is 5.92 Å². The zero-order valence-corrected chi connectivity index (χ0v) is 9.09. The number of ether oxygens (including phenoxy) is 1. The Morgan fingerprint density at radius 2 is 2.00 bits per heavy atom. The molecule has 0 aromatic heterocycles. The van der Waals surface area contributed by atoms with Gasteiger partial charge in [0.25, 0.3) is 0 Å². The van der Waals surface area contributed by atoms with Crippen LogP contribution in [0.2, 0.25) is 0 Å². The van der Waals surface area contributed by atoms with Crippen molar-refractivity contribution in [1.82, 2.24) is 0 Å². The highest BCUT2D eigenvalue weighted by Crippen LogP contribution is 2.10. The van der Waals surface area contributed by atoms with Crippen LogP contribution in [0.1, 0.15) is 46.0 Å². The quantitative estimate of drug-likeness (QED) is 0.564. The fourth-order valence-corrected chi connectivity index (χ4v) is 1.38. The molecule has 0 spiro atoms. The highest BCUT2D eigenvalue weighted by molar-refractivity contribution is 4.54. The molecule has 80 valence electrons. The van der Waals surface area contributed by atoms with Crippen molar-refractivity contribution in [2.45, 2.75) is 46.0 Å². The van der Waals surface area contributed by atoms with E-state index in [1.807, 2.05) is 0 Å². The van der Waals surface area contributed by atoms with Crippen LogP contribution < -0.4 is 0 Å². The van der Waals surface area contributed by atoms with Gasteiger partial charge in [-0.15, -0.1) is 0 Å². The number of hydrogen-bond donors (Lipinski definition) is 1. The second kappa shape index (κ2) is 10.0. The summed E-state index contributed by atoms with van der Waals surface area (Å²) < 4.78 is 5.53. The molecular formula is C11H24O2. The topological polar surface area (TPSA) is 29.5 Å². The van der Waals surface area contributed by atoms with E-state index < -0.39 is 0 Å². The lowest BCUT2D eigenvalue weighted by Crippen LogP contribution is -2.09. The van der Waals surface area contributed by atoms with Crippen molar-refractivity contribution in [3.05, 3.63) is 0 Å². The Morgan fingerprint density at radius 3 is 2.54 bits per heavy atom. The van der Waals surface area contributed by atoms with Gasteiger partial charge in [0.05, 0.1) is 0 Å². The number of rotatable bonds is 9. The van der Waals surface area contributed by atoms with Crippen molar-refractivity contribution in [2.75, 3.05) is 19.8 Å². The van der Waals surface area contributed by atoms with Gasteiger partial charge in [-0.05, 0) is 25.2 Å². The molecule has 0 saturated carbocycles. The van der Waals surface area contributed by atoms with Gasteiger partial charge in [-0.2, -0.15) is 0 Å². The molecule has 1 unspecified atom stereocenters. The van der Waals surface area contributed by atoms with Gasteiger partial charge in [-0.3, -0.25) is 0 Å². The molecule has 0 heterocycles. The molecule has 0 aromatic carbocycles. The van der Waals surface area contributed by atoms with Crippen LogP contribution in [0.3, 0.4) is 0 Å². The molecule has 0 aliphatic rings. The SMILES string of the molecule is CCCC(CC)COCCCCO. The smallest absolute Gasteiger partial charge is 0.0494 e. The van der Waals surface area contributed by atoms with Crippen molar-refractivity contribution < 1.29 is 9.84 Å². The predicted molar refractivity (Wildman–Crippen MR) is 55.8 cm³/mol. The lowest BCUT2D eigenvalue weighted by Gasteiger charge is -2.13. The van der Waals surface area contributed by atoms with Crippen molar-refractivity contribution in [3.63, 3.8) is 0 Å². The van der Waals surface area contributed by atoms with E-state index in [1.165, 1.54) is 19.3 Å². The highest BCUT2D eigenvalue weighted by Gasteiger charge is 2.04. The van der Waals surface area contributed by atoms with Crippen molar-refractivity contribution >= 4 is 0 Å². The number of aliphatic hydroxyl groups excluding tert-OH is 1. The maximum Gasteiger partial charge on any atom is 0.0494 e. The molecule has 0 fully saturated rings. The Bertz CT molecular complexity index is 94.1. The first kappa shape index (κ1) is 12.9. The maximum absolute atomic E-state index is 8.55. The molecule has 1 atom stereocenters. The summed E-state index contributed by atoms with van der Waals surface area (Å²) >= 11 is 0. The molecule has 1 N–H and O–H groups in total. The van der Waals surface area contributed by atoms with Gasteiger partial charge < -0.3 is 9.84 Å². The van der Waals surface area contributed by atoms with Crippen LogP contribution in [-0.4, -0.2) is 24.9 Å². The van der Waals surface area contributed by atoms with Crippen molar-refractivity contribution in [2.24, 2.45) is 5.92 Å². The third-order valence-electron chi connectivity index (χ3n) is 2.32. The van der Waals surface area contributed by atoms with Gasteiger partial charge in [0.15, 0.2) is 0 Å². The molecule has 0 aliphatic heterocycles. The minimum absolute atomic E-state index is 0.287. The average molecular weight is 188 g/mol. The third-order valence-corrected chi connectivity index (χ3v) is 2.32. The van der Waals surface area contributed by atoms with E-state index in [9.17, 15) is 0 Å². The van der Waals surface area contributed by atoms with Crippen LogP contribution in [0.15, 0.2) is 0 Å². The van der Waals surface area contributed by atoms with Crippen LogP contribution >= 0.6 is 0 Å². The highest BCUT2D eigenvalue weighted by atomic mass is 16.5. The van der Waals surface area contributed by atoms with E-state index in [0.717, 1.165) is 32.0 Å². The normalized spacial score (nSPS) is 13.2. The molecular weight excluding hydrogens is 164 g/mol. The zero-order chi connectivity index (χ0) is 9.94. The van der Waals surface area contributed by atoms with E-state index in [0.29, 0.717) is 0 Å². The summed E-state index contributed by atoms with van der Waals surface area (Å²) in [5.41, 5.74) is 0. The third kappa shape index (κ3) is 8.26. The first-order chi connectivity index (χ1) is 6.35. The Kier molecular flexibility index (Phi) is 9.94. The molecule has 0 radical (unpaired) electrons. The second-order valence-corrected chi connectivity index (χ2v) is 3.57. The summed E-state index contributed by atoms with van der Waals surface area (Å²) in [5.74, 6) is 0.735. The van der Waals surface area contributed by atoms with Crippen LogP contribution in [0.4, 0.5) is 0 Å². The van der Waals surface area contributed by atoms with Gasteiger partial charge >= 0.3 is 0 Å². The van der Waals surface area contributed by atoms with Crippen molar-refractivity contribution in [1.29, 1.82) is 0 Å². The van der Waals surface area contributed by atoms with E-state index in [4.69, 9.17) is 9.84 Å². The Labute approximate surface area is 82.3 Å². The fourth-order valence-electron chi connectivity index (χ4n) is 1.38. The Hall–Kier alpha value is -0.0800. The summed E-state index contributed by atoms with van der Waals surface area (Å²) in [6.07, 6.45) is 5.59. The minimum Gasteiger partial charge on any atom is -0.396 e. The molecule has 0 aliphatic carbocycles.